The maximum atomic E-state index is 11.8. The second-order valence-corrected chi connectivity index (χ2v) is 5.65. The van der Waals surface area contributed by atoms with Crippen LogP contribution in [-0.4, -0.2) is 28.0 Å². The minimum atomic E-state index is -0.738. The minimum absolute atomic E-state index is 0.614. The van der Waals surface area contributed by atoms with Crippen LogP contribution in [0.2, 0.25) is 0 Å². The van der Waals surface area contributed by atoms with Crippen molar-refractivity contribution in [2.45, 2.75) is 12.7 Å². The predicted molar refractivity (Wildman–Crippen MR) is 62.0 cm³/mol. The fourth-order valence-corrected chi connectivity index (χ4v) is 3.08. The summed E-state index contributed by atoms with van der Waals surface area (Å²) < 4.78 is 11.8. The van der Waals surface area contributed by atoms with Crippen LogP contribution >= 0.6 is 0 Å². The van der Waals surface area contributed by atoms with Crippen LogP contribution in [0.25, 0.3) is 0 Å². The Bertz CT molecular complexity index is 363. The van der Waals surface area contributed by atoms with Gasteiger partial charge in [0.25, 0.3) is 0 Å². The van der Waals surface area contributed by atoms with Gasteiger partial charge in [-0.05, 0) is 24.0 Å². The van der Waals surface area contributed by atoms with Gasteiger partial charge in [0, 0.05) is 42.0 Å². The Balaban J connectivity index is 1.87. The van der Waals surface area contributed by atoms with Crippen LogP contribution in [0, 0.1) is 12.8 Å². The number of aromatic nitrogens is 1. The molecule has 0 aliphatic carbocycles. The van der Waals surface area contributed by atoms with E-state index < -0.39 is 10.8 Å². The van der Waals surface area contributed by atoms with E-state index in [1.165, 1.54) is 0 Å². The highest BCUT2D eigenvalue weighted by atomic mass is 32.2. The minimum Gasteiger partial charge on any atom is -0.316 e. The first-order valence-corrected chi connectivity index (χ1v) is 6.69. The molecule has 1 saturated heterocycles. The van der Waals surface area contributed by atoms with Gasteiger partial charge < -0.3 is 5.32 Å². The van der Waals surface area contributed by atoms with Crippen molar-refractivity contribution in [3.8, 4) is 0 Å². The van der Waals surface area contributed by atoms with Crippen LogP contribution in [-0.2, 0) is 16.6 Å². The third kappa shape index (κ3) is 3.11. The van der Waals surface area contributed by atoms with E-state index in [0.29, 0.717) is 11.7 Å². The maximum absolute atomic E-state index is 11.8. The summed E-state index contributed by atoms with van der Waals surface area (Å²) in [5.74, 6) is 2.08. The lowest BCUT2D eigenvalue weighted by molar-refractivity contribution is 0.382. The van der Waals surface area contributed by atoms with Gasteiger partial charge in [0.1, 0.15) is 0 Å². The average molecular weight is 224 g/mol. The zero-order valence-electron chi connectivity index (χ0n) is 8.90. The molecule has 1 aliphatic heterocycles. The van der Waals surface area contributed by atoms with Gasteiger partial charge in [0.15, 0.2) is 0 Å². The van der Waals surface area contributed by atoms with Gasteiger partial charge in [-0.3, -0.25) is 9.19 Å². The first kappa shape index (κ1) is 10.8. The molecule has 2 heterocycles. The van der Waals surface area contributed by atoms with Crippen molar-refractivity contribution in [3.63, 3.8) is 0 Å². The number of aryl methyl sites for hydroxylation is 1. The lowest BCUT2D eigenvalue weighted by Crippen LogP contribution is -2.44. The number of rotatable bonds is 4. The Morgan fingerprint density at radius 3 is 2.93 bits per heavy atom. The van der Waals surface area contributed by atoms with Gasteiger partial charge >= 0.3 is 0 Å². The highest BCUT2D eigenvalue weighted by Crippen LogP contribution is 2.09. The van der Waals surface area contributed by atoms with E-state index in [-0.39, 0.29) is 0 Å². The Hall–Kier alpha value is -0.740. The molecular weight excluding hydrogens is 208 g/mol. The molecule has 1 atom stereocenters. The lowest BCUT2D eigenvalue weighted by Gasteiger charge is -2.26. The first-order valence-electron chi connectivity index (χ1n) is 5.20. The second kappa shape index (κ2) is 4.86. The molecule has 1 aromatic rings. The molecule has 0 radical (unpaired) electrons. The lowest BCUT2D eigenvalue weighted by atomic mass is 10.1. The van der Waals surface area contributed by atoms with Crippen LogP contribution < -0.4 is 5.32 Å². The molecule has 4 heteroatoms. The Labute approximate surface area is 92.8 Å². The van der Waals surface area contributed by atoms with Crippen LogP contribution in [0.3, 0.4) is 0 Å². The van der Waals surface area contributed by atoms with Crippen LogP contribution in [0.15, 0.2) is 18.5 Å². The molecule has 0 amide bonds. The Morgan fingerprint density at radius 1 is 1.53 bits per heavy atom. The summed E-state index contributed by atoms with van der Waals surface area (Å²) in [6.45, 7) is 4.06. The van der Waals surface area contributed by atoms with E-state index in [1.54, 1.807) is 0 Å². The summed E-state index contributed by atoms with van der Waals surface area (Å²) in [5, 5.41) is 3.19. The summed E-state index contributed by atoms with van der Waals surface area (Å²) in [4.78, 5) is 4.10. The standard InChI is InChI=1S/C11H16N2OS/c1-9-2-10(4-12-3-9)7-15(14)8-11-5-13-6-11/h2-4,11,13H,5-8H2,1H3. The molecule has 1 aromatic heterocycles. The molecule has 0 spiro atoms. The molecule has 0 aromatic carbocycles. The highest BCUT2D eigenvalue weighted by molar-refractivity contribution is 7.84. The number of nitrogens with zero attached hydrogens (tertiary/aromatic N) is 1. The molecular formula is C11H16N2OS. The molecule has 2 rings (SSSR count). The van der Waals surface area contributed by atoms with Gasteiger partial charge in [0.2, 0.25) is 0 Å². The van der Waals surface area contributed by atoms with E-state index >= 15 is 0 Å². The largest absolute Gasteiger partial charge is 0.316 e. The smallest absolute Gasteiger partial charge is 0.0501 e. The van der Waals surface area contributed by atoms with E-state index in [4.69, 9.17) is 0 Å². The van der Waals surface area contributed by atoms with E-state index in [0.717, 1.165) is 30.0 Å². The van der Waals surface area contributed by atoms with Gasteiger partial charge in [-0.2, -0.15) is 0 Å². The number of pyridine rings is 1. The second-order valence-electron chi connectivity index (χ2n) is 4.15. The van der Waals surface area contributed by atoms with Crippen molar-refractivity contribution in [1.29, 1.82) is 0 Å². The van der Waals surface area contributed by atoms with Gasteiger partial charge in [-0.1, -0.05) is 6.07 Å². The molecule has 1 unspecified atom stereocenters. The van der Waals surface area contributed by atoms with Crippen molar-refractivity contribution in [3.05, 3.63) is 29.6 Å². The summed E-state index contributed by atoms with van der Waals surface area (Å²) in [7, 11) is -0.738. The summed E-state index contributed by atoms with van der Waals surface area (Å²) >= 11 is 0. The molecule has 82 valence electrons. The third-order valence-corrected chi connectivity index (χ3v) is 4.05. The quantitative estimate of drug-likeness (QED) is 0.824. The van der Waals surface area contributed by atoms with E-state index in [1.807, 2.05) is 19.3 Å². The fourth-order valence-electron chi connectivity index (χ4n) is 1.67. The topological polar surface area (TPSA) is 42.0 Å². The molecule has 1 fully saturated rings. The molecule has 0 bridgehead atoms. The van der Waals surface area contributed by atoms with Gasteiger partial charge in [-0.15, -0.1) is 0 Å². The van der Waals surface area contributed by atoms with Crippen LogP contribution in [0.1, 0.15) is 11.1 Å². The van der Waals surface area contributed by atoms with E-state index in [9.17, 15) is 4.21 Å². The summed E-state index contributed by atoms with van der Waals surface area (Å²) in [6, 6.07) is 2.06. The zero-order chi connectivity index (χ0) is 10.7. The molecule has 1 N–H and O–H groups in total. The van der Waals surface area contributed by atoms with Crippen LogP contribution in [0.4, 0.5) is 0 Å². The van der Waals surface area contributed by atoms with E-state index in [2.05, 4.69) is 16.4 Å². The maximum Gasteiger partial charge on any atom is 0.0501 e. The van der Waals surface area contributed by atoms with Crippen molar-refractivity contribution in [2.75, 3.05) is 18.8 Å². The Morgan fingerprint density at radius 2 is 2.33 bits per heavy atom. The highest BCUT2D eigenvalue weighted by Gasteiger charge is 2.19. The SMILES string of the molecule is Cc1cncc(CS(=O)CC2CNC2)c1. The molecule has 1 aliphatic rings. The Kier molecular flexibility index (Phi) is 3.49. The number of hydrogen-bond donors (Lipinski definition) is 1. The first-order chi connectivity index (χ1) is 7.24. The number of hydrogen-bond acceptors (Lipinski definition) is 3. The monoisotopic (exact) mass is 224 g/mol. The predicted octanol–water partition coefficient (Wildman–Crippen LogP) is 0.858. The summed E-state index contributed by atoms with van der Waals surface area (Å²) in [5.41, 5.74) is 2.22. The van der Waals surface area contributed by atoms with Gasteiger partial charge in [0.05, 0.1) is 5.75 Å². The molecule has 15 heavy (non-hydrogen) atoms. The van der Waals surface area contributed by atoms with Crippen molar-refractivity contribution < 1.29 is 4.21 Å². The number of nitrogens with one attached hydrogen (secondary N) is 1. The van der Waals surface area contributed by atoms with Crippen molar-refractivity contribution in [1.82, 2.24) is 10.3 Å². The van der Waals surface area contributed by atoms with Gasteiger partial charge in [-0.25, -0.2) is 0 Å². The van der Waals surface area contributed by atoms with Crippen LogP contribution in [0.5, 0.6) is 0 Å². The van der Waals surface area contributed by atoms with Crippen molar-refractivity contribution >= 4 is 10.8 Å². The molecule has 0 saturated carbocycles. The summed E-state index contributed by atoms with van der Waals surface area (Å²) in [6.07, 6.45) is 3.63. The zero-order valence-corrected chi connectivity index (χ0v) is 9.72. The fraction of sp³-hybridized carbons (Fsp3) is 0.545. The third-order valence-electron chi connectivity index (χ3n) is 2.55. The molecule has 3 nitrogen and oxygen atoms in total. The average Bonchev–Trinajstić information content (AvgIpc) is 2.11. The normalized spacial score (nSPS) is 18.5. The van der Waals surface area contributed by atoms with Crippen molar-refractivity contribution in [2.24, 2.45) is 5.92 Å².